The van der Waals surface area contributed by atoms with Gasteiger partial charge in [0.05, 0.1) is 12.8 Å². The molecule has 9 nitrogen and oxygen atoms in total. The number of carbonyl (C=O) groups excluding carboxylic acids is 2. The number of rotatable bonds is 6. The summed E-state index contributed by atoms with van der Waals surface area (Å²) in [7, 11) is 1.31. The van der Waals surface area contributed by atoms with E-state index in [9.17, 15) is 18.0 Å². The Hall–Kier alpha value is -4.35. The summed E-state index contributed by atoms with van der Waals surface area (Å²) in [5, 5.41) is 7.04. The van der Waals surface area contributed by atoms with E-state index >= 15 is 0 Å². The summed E-state index contributed by atoms with van der Waals surface area (Å²) in [4.78, 5) is 25.1. The summed E-state index contributed by atoms with van der Waals surface area (Å²) in [5.41, 5.74) is 2.18. The first kappa shape index (κ1) is 28.9. The minimum atomic E-state index is -4.74. The highest BCUT2D eigenvalue weighted by atomic mass is 19.4. The average Bonchev–Trinajstić information content (AvgIpc) is 3.28. The van der Waals surface area contributed by atoms with Crippen molar-refractivity contribution in [1.29, 1.82) is 0 Å². The van der Waals surface area contributed by atoms with Gasteiger partial charge in [-0.05, 0) is 63.6 Å². The van der Waals surface area contributed by atoms with Crippen molar-refractivity contribution in [2.75, 3.05) is 7.11 Å². The Labute approximate surface area is 211 Å². The molecule has 0 fully saturated rings. The molecule has 1 aromatic heterocycles. The van der Waals surface area contributed by atoms with Gasteiger partial charge in [-0.25, -0.2) is 14.5 Å². The molecule has 0 saturated carbocycles. The highest BCUT2D eigenvalue weighted by molar-refractivity contribution is 5.72. The monoisotopic (exact) mass is 520 g/mol. The van der Waals surface area contributed by atoms with Gasteiger partial charge in [-0.1, -0.05) is 24.3 Å². The lowest BCUT2D eigenvalue weighted by Gasteiger charge is -2.19. The van der Waals surface area contributed by atoms with Gasteiger partial charge in [0, 0.05) is 11.3 Å². The molecule has 0 bridgehead atoms. The first-order valence-corrected chi connectivity index (χ1v) is 10.8. The predicted molar refractivity (Wildman–Crippen MR) is 130 cm³/mol. The molecule has 37 heavy (non-hydrogen) atoms. The number of nitrogens with zero attached hydrogens (tertiary/aromatic N) is 3. The molecular formula is C25H27F3N4O5. The fourth-order valence-electron chi connectivity index (χ4n) is 2.80. The highest BCUT2D eigenvalue weighted by Crippen LogP contribution is 2.24. The Morgan fingerprint density at radius 1 is 1.03 bits per heavy atom. The standard InChI is InChI=1S/C23H23F3N4O3.C2H4O2/c1-15(28-21(31)33-22(2,3)4)13-16-5-7-17(8-6-16)20-27-14-30(29-20)18-9-11-19(12-10-18)32-23(24,25)26;1-4-2-3/h5-14H,1-4H3,(H,28,31);2H,1H3/b15-13-;. The summed E-state index contributed by atoms with van der Waals surface area (Å²) >= 11 is 0. The van der Waals surface area contributed by atoms with E-state index in [0.717, 1.165) is 11.1 Å². The molecule has 0 saturated heterocycles. The number of benzene rings is 2. The van der Waals surface area contributed by atoms with E-state index in [1.165, 1.54) is 42.4 Å². The number of carbonyl (C=O) groups is 2. The molecule has 12 heteroatoms. The average molecular weight is 521 g/mol. The van der Waals surface area contributed by atoms with Crippen LogP contribution in [0.1, 0.15) is 33.3 Å². The Bertz CT molecular complexity index is 1200. The highest BCUT2D eigenvalue weighted by Gasteiger charge is 2.31. The van der Waals surface area contributed by atoms with Gasteiger partial charge in [0.2, 0.25) is 0 Å². The summed E-state index contributed by atoms with van der Waals surface area (Å²) < 4.78 is 51.3. The smallest absolute Gasteiger partial charge is 0.471 e. The number of hydrogen-bond acceptors (Lipinski definition) is 7. The molecule has 198 valence electrons. The maximum Gasteiger partial charge on any atom is 0.573 e. The number of ether oxygens (including phenoxy) is 3. The molecule has 0 aliphatic rings. The van der Waals surface area contributed by atoms with Crippen molar-refractivity contribution in [3.63, 3.8) is 0 Å². The molecular weight excluding hydrogens is 493 g/mol. The van der Waals surface area contributed by atoms with Gasteiger partial charge >= 0.3 is 12.5 Å². The van der Waals surface area contributed by atoms with Crippen LogP contribution in [0.15, 0.2) is 60.6 Å². The number of amides is 1. The van der Waals surface area contributed by atoms with Crippen molar-refractivity contribution in [2.45, 2.75) is 39.7 Å². The molecule has 1 heterocycles. The van der Waals surface area contributed by atoms with Crippen LogP contribution in [0.25, 0.3) is 23.2 Å². The largest absolute Gasteiger partial charge is 0.573 e. The van der Waals surface area contributed by atoms with E-state index in [1.54, 1.807) is 33.8 Å². The van der Waals surface area contributed by atoms with Crippen molar-refractivity contribution in [2.24, 2.45) is 0 Å². The van der Waals surface area contributed by atoms with Crippen LogP contribution in [-0.4, -0.2) is 46.4 Å². The van der Waals surface area contributed by atoms with Crippen LogP contribution in [0.3, 0.4) is 0 Å². The van der Waals surface area contributed by atoms with E-state index in [1.807, 2.05) is 24.3 Å². The third-order valence-electron chi connectivity index (χ3n) is 4.17. The first-order chi connectivity index (χ1) is 17.3. The second kappa shape index (κ2) is 12.6. The van der Waals surface area contributed by atoms with Gasteiger partial charge in [-0.2, -0.15) is 0 Å². The summed E-state index contributed by atoms with van der Waals surface area (Å²) in [6.45, 7) is 7.50. The van der Waals surface area contributed by atoms with Crippen molar-refractivity contribution in [3.8, 4) is 22.8 Å². The second-order valence-electron chi connectivity index (χ2n) is 8.46. The fourth-order valence-corrected chi connectivity index (χ4v) is 2.80. The number of hydrogen-bond donors (Lipinski definition) is 1. The first-order valence-electron chi connectivity index (χ1n) is 10.8. The van der Waals surface area contributed by atoms with Crippen molar-refractivity contribution < 1.29 is 37.0 Å². The Morgan fingerprint density at radius 2 is 1.62 bits per heavy atom. The molecule has 1 amide bonds. The van der Waals surface area contributed by atoms with Gasteiger partial charge in [-0.3, -0.25) is 10.1 Å². The molecule has 3 rings (SSSR count). The lowest BCUT2D eigenvalue weighted by molar-refractivity contribution is -0.274. The Kier molecular flexibility index (Phi) is 9.81. The number of allylic oxidation sites excluding steroid dienone is 1. The van der Waals surface area contributed by atoms with E-state index in [4.69, 9.17) is 9.53 Å². The van der Waals surface area contributed by atoms with Crippen LogP contribution >= 0.6 is 0 Å². The van der Waals surface area contributed by atoms with Gasteiger partial charge in [-0.15, -0.1) is 18.3 Å². The van der Waals surface area contributed by atoms with Crippen LogP contribution in [0, 0.1) is 0 Å². The van der Waals surface area contributed by atoms with Gasteiger partial charge in [0.1, 0.15) is 17.7 Å². The lowest BCUT2D eigenvalue weighted by atomic mass is 10.1. The summed E-state index contributed by atoms with van der Waals surface area (Å²) in [6.07, 6.45) is -2.00. The second-order valence-corrected chi connectivity index (χ2v) is 8.46. The molecule has 0 spiro atoms. The predicted octanol–water partition coefficient (Wildman–Crippen LogP) is 5.51. The van der Waals surface area contributed by atoms with Crippen LogP contribution in [-0.2, 0) is 14.3 Å². The maximum atomic E-state index is 12.3. The summed E-state index contributed by atoms with van der Waals surface area (Å²) in [6, 6.07) is 12.7. The zero-order valence-electron chi connectivity index (χ0n) is 20.9. The normalized spacial score (nSPS) is 11.6. The van der Waals surface area contributed by atoms with Crippen LogP contribution in [0.5, 0.6) is 5.75 Å². The fraction of sp³-hybridized carbons (Fsp3) is 0.280. The van der Waals surface area contributed by atoms with E-state index in [0.29, 0.717) is 23.7 Å². The van der Waals surface area contributed by atoms with E-state index in [-0.39, 0.29) is 5.75 Å². The molecule has 0 aliphatic heterocycles. The zero-order valence-corrected chi connectivity index (χ0v) is 20.9. The van der Waals surface area contributed by atoms with Crippen LogP contribution < -0.4 is 10.1 Å². The number of nitrogens with one attached hydrogen (secondary N) is 1. The van der Waals surface area contributed by atoms with Gasteiger partial charge < -0.3 is 14.2 Å². The third-order valence-corrected chi connectivity index (χ3v) is 4.17. The van der Waals surface area contributed by atoms with Gasteiger partial charge in [0.25, 0.3) is 6.47 Å². The quantitative estimate of drug-likeness (QED) is 0.428. The zero-order chi connectivity index (χ0) is 27.6. The third kappa shape index (κ3) is 10.4. The Morgan fingerprint density at radius 3 is 2.14 bits per heavy atom. The molecule has 0 unspecified atom stereocenters. The molecule has 1 N–H and O–H groups in total. The molecule has 2 aromatic carbocycles. The minimum absolute atomic E-state index is 0.313. The maximum absolute atomic E-state index is 12.3. The number of methoxy groups -OCH3 is 1. The lowest BCUT2D eigenvalue weighted by Crippen LogP contribution is -2.31. The van der Waals surface area contributed by atoms with Gasteiger partial charge in [0.15, 0.2) is 5.82 Å². The van der Waals surface area contributed by atoms with Crippen molar-refractivity contribution >= 4 is 18.6 Å². The van der Waals surface area contributed by atoms with Crippen LogP contribution in [0.2, 0.25) is 0 Å². The molecule has 0 aliphatic carbocycles. The molecule has 3 aromatic rings. The van der Waals surface area contributed by atoms with Crippen LogP contribution in [0.4, 0.5) is 18.0 Å². The van der Waals surface area contributed by atoms with E-state index in [2.05, 4.69) is 24.9 Å². The Balaban J connectivity index is 0.00000112. The number of aromatic nitrogens is 3. The molecule has 0 radical (unpaired) electrons. The van der Waals surface area contributed by atoms with Crippen molar-refractivity contribution in [1.82, 2.24) is 20.1 Å². The topological polar surface area (TPSA) is 105 Å². The van der Waals surface area contributed by atoms with E-state index < -0.39 is 18.1 Å². The minimum Gasteiger partial charge on any atom is -0.471 e. The molecule has 0 atom stereocenters. The number of halogens is 3. The van der Waals surface area contributed by atoms with Crippen molar-refractivity contribution in [3.05, 3.63) is 66.1 Å². The number of alkyl carbamates (subject to hydrolysis) is 1. The SMILES string of the molecule is C/C(=C/c1ccc(-c2ncn(-c3ccc(OC(F)(F)F)cc3)n2)cc1)NC(=O)OC(C)(C)C.COC=O. The summed E-state index contributed by atoms with van der Waals surface area (Å²) in [5.74, 6) is 0.136. The number of alkyl halides is 3.